The molecule has 0 spiro atoms. The molecule has 4 N–H and O–H groups in total. The summed E-state index contributed by atoms with van der Waals surface area (Å²) in [5.74, 6) is -0.392. The number of hydrogen-bond acceptors (Lipinski definition) is 3. The number of methoxy groups -OCH3 is 1. The summed E-state index contributed by atoms with van der Waals surface area (Å²) in [4.78, 5) is 3.56. The predicted molar refractivity (Wildman–Crippen MR) is 49.2 cm³/mol. The lowest BCUT2D eigenvalue weighted by Crippen LogP contribution is -2.27. The highest BCUT2D eigenvalue weighted by Gasteiger charge is 2.03. The number of ether oxygens (including phenoxy) is 1. The van der Waals surface area contributed by atoms with Gasteiger partial charge in [-0.05, 0) is 12.1 Å². The molecule has 5 nitrogen and oxygen atoms in total. The van der Waals surface area contributed by atoms with Gasteiger partial charge < -0.3 is 10.5 Å². The molecule has 0 saturated carbocycles. The number of nitrogens with two attached hydrogens (primary N) is 1. The van der Waals surface area contributed by atoms with Crippen molar-refractivity contribution in [1.82, 2.24) is 5.48 Å². The molecule has 1 aromatic carbocycles. The highest BCUT2D eigenvalue weighted by atomic mass is 19.1. The summed E-state index contributed by atoms with van der Waals surface area (Å²) in [7, 11) is 1.45. The Balaban J connectivity index is 3.06. The average molecular weight is 199 g/mol. The third-order valence-corrected chi connectivity index (χ3v) is 1.51. The van der Waals surface area contributed by atoms with Gasteiger partial charge in [-0.2, -0.15) is 0 Å². The number of nitrogens with zero attached hydrogens (tertiary/aromatic N) is 1. The standard InChI is InChI=1S/C8H10FN3O2/c1-14-5-2-3-6(9)7(4-5)11-8(10)12-13/h2-4,13H,1H3,(H3,10,11,12). The van der Waals surface area contributed by atoms with Gasteiger partial charge in [0.1, 0.15) is 17.3 Å². The van der Waals surface area contributed by atoms with Gasteiger partial charge in [0, 0.05) is 6.07 Å². The summed E-state index contributed by atoms with van der Waals surface area (Å²) in [5.41, 5.74) is 6.73. The molecule has 1 aromatic rings. The zero-order valence-corrected chi connectivity index (χ0v) is 7.49. The molecule has 76 valence electrons. The molecular formula is C8H10FN3O2. The first-order chi connectivity index (χ1) is 6.67. The predicted octanol–water partition coefficient (Wildman–Crippen LogP) is 0.759. The van der Waals surface area contributed by atoms with E-state index in [1.165, 1.54) is 25.3 Å². The van der Waals surface area contributed by atoms with E-state index in [9.17, 15) is 4.39 Å². The third-order valence-electron chi connectivity index (χ3n) is 1.51. The molecule has 0 aliphatic rings. The molecule has 0 atom stereocenters. The second-order valence-corrected chi connectivity index (χ2v) is 2.43. The summed E-state index contributed by atoms with van der Waals surface area (Å²) in [6, 6.07) is 4.01. The molecule has 0 radical (unpaired) electrons. The van der Waals surface area contributed by atoms with E-state index in [0.717, 1.165) is 0 Å². The number of hydrogen-bond donors (Lipinski definition) is 3. The summed E-state index contributed by atoms with van der Waals surface area (Å²) in [6.07, 6.45) is 0. The maximum Gasteiger partial charge on any atom is 0.218 e. The number of rotatable bonds is 2. The fourth-order valence-electron chi connectivity index (χ4n) is 0.860. The summed E-state index contributed by atoms with van der Waals surface area (Å²) in [5, 5.41) is 8.35. The normalized spacial score (nSPS) is 11.2. The minimum absolute atomic E-state index is 0.0107. The summed E-state index contributed by atoms with van der Waals surface area (Å²) in [6.45, 7) is 0. The monoisotopic (exact) mass is 199 g/mol. The lowest BCUT2D eigenvalue weighted by Gasteiger charge is -2.02. The SMILES string of the molecule is COc1ccc(F)c(N=C(N)NO)c1. The fraction of sp³-hybridized carbons (Fsp3) is 0.125. The number of aliphatic imine (C=N–C) groups is 1. The van der Waals surface area contributed by atoms with Crippen molar-refractivity contribution in [2.75, 3.05) is 7.11 Å². The Morgan fingerprint density at radius 2 is 2.36 bits per heavy atom. The maximum absolute atomic E-state index is 13.1. The quantitative estimate of drug-likeness (QED) is 0.373. The molecule has 6 heteroatoms. The van der Waals surface area contributed by atoms with Crippen molar-refractivity contribution in [3.8, 4) is 5.75 Å². The van der Waals surface area contributed by atoms with Crippen LogP contribution in [-0.2, 0) is 0 Å². The Kier molecular flexibility index (Phi) is 3.24. The van der Waals surface area contributed by atoms with Crippen LogP contribution in [0.5, 0.6) is 5.75 Å². The van der Waals surface area contributed by atoms with E-state index in [2.05, 4.69) is 4.99 Å². The number of benzene rings is 1. The minimum Gasteiger partial charge on any atom is -0.497 e. The average Bonchev–Trinajstić information content (AvgIpc) is 2.21. The first-order valence-electron chi connectivity index (χ1n) is 3.75. The van der Waals surface area contributed by atoms with Crippen LogP contribution in [0.3, 0.4) is 0 Å². The number of halogens is 1. The third kappa shape index (κ3) is 2.33. The lowest BCUT2D eigenvalue weighted by atomic mass is 10.3. The Labute approximate surface area is 80.0 Å². The zero-order chi connectivity index (χ0) is 10.6. The molecule has 0 unspecified atom stereocenters. The van der Waals surface area contributed by atoms with Crippen molar-refractivity contribution in [1.29, 1.82) is 0 Å². The van der Waals surface area contributed by atoms with Gasteiger partial charge in [0.25, 0.3) is 0 Å². The van der Waals surface area contributed by atoms with Crippen molar-refractivity contribution in [2.45, 2.75) is 0 Å². The van der Waals surface area contributed by atoms with Crippen molar-refractivity contribution < 1.29 is 14.3 Å². The van der Waals surface area contributed by atoms with Gasteiger partial charge in [0.15, 0.2) is 0 Å². The van der Waals surface area contributed by atoms with E-state index in [4.69, 9.17) is 15.7 Å². The van der Waals surface area contributed by atoms with E-state index in [-0.39, 0.29) is 11.6 Å². The van der Waals surface area contributed by atoms with Crippen LogP contribution in [0.2, 0.25) is 0 Å². The van der Waals surface area contributed by atoms with Gasteiger partial charge in [0.05, 0.1) is 7.11 Å². The molecule has 0 saturated heterocycles. The second-order valence-electron chi connectivity index (χ2n) is 2.43. The topological polar surface area (TPSA) is 79.9 Å². The largest absolute Gasteiger partial charge is 0.497 e. The van der Waals surface area contributed by atoms with Crippen LogP contribution in [0.15, 0.2) is 23.2 Å². The van der Waals surface area contributed by atoms with Gasteiger partial charge in [0.2, 0.25) is 5.96 Å². The number of nitrogens with one attached hydrogen (secondary N) is 1. The molecule has 0 fully saturated rings. The minimum atomic E-state index is -0.552. The zero-order valence-electron chi connectivity index (χ0n) is 7.49. The van der Waals surface area contributed by atoms with Crippen LogP contribution >= 0.6 is 0 Å². The summed E-state index contributed by atoms with van der Waals surface area (Å²) >= 11 is 0. The van der Waals surface area contributed by atoms with Crippen LogP contribution in [0.25, 0.3) is 0 Å². The molecule has 0 bridgehead atoms. The van der Waals surface area contributed by atoms with E-state index in [0.29, 0.717) is 5.75 Å². The van der Waals surface area contributed by atoms with E-state index < -0.39 is 5.82 Å². The van der Waals surface area contributed by atoms with Gasteiger partial charge in [-0.25, -0.2) is 14.9 Å². The van der Waals surface area contributed by atoms with Crippen LogP contribution in [0, 0.1) is 5.82 Å². The Morgan fingerprint density at radius 1 is 1.64 bits per heavy atom. The molecule has 0 amide bonds. The van der Waals surface area contributed by atoms with Crippen molar-refractivity contribution >= 4 is 11.6 Å². The van der Waals surface area contributed by atoms with Crippen LogP contribution in [-0.4, -0.2) is 18.3 Å². The number of hydroxylamine groups is 1. The van der Waals surface area contributed by atoms with Crippen molar-refractivity contribution in [2.24, 2.45) is 10.7 Å². The van der Waals surface area contributed by atoms with Gasteiger partial charge in [-0.3, -0.25) is 5.21 Å². The molecule has 1 rings (SSSR count). The lowest BCUT2D eigenvalue weighted by molar-refractivity contribution is 0.233. The van der Waals surface area contributed by atoms with Crippen LogP contribution < -0.4 is 16.0 Å². The van der Waals surface area contributed by atoms with Crippen molar-refractivity contribution in [3.05, 3.63) is 24.0 Å². The number of guanidine groups is 1. The molecular weight excluding hydrogens is 189 g/mol. The Bertz CT molecular complexity index is 354. The fourth-order valence-corrected chi connectivity index (χ4v) is 0.860. The molecule has 0 aliphatic heterocycles. The molecule has 0 aliphatic carbocycles. The molecule has 14 heavy (non-hydrogen) atoms. The first-order valence-corrected chi connectivity index (χ1v) is 3.75. The second kappa shape index (κ2) is 4.43. The Morgan fingerprint density at radius 3 is 2.93 bits per heavy atom. The van der Waals surface area contributed by atoms with E-state index in [1.807, 2.05) is 0 Å². The van der Waals surface area contributed by atoms with Gasteiger partial charge in [-0.15, -0.1) is 0 Å². The highest BCUT2D eigenvalue weighted by molar-refractivity contribution is 5.79. The highest BCUT2D eigenvalue weighted by Crippen LogP contribution is 2.23. The van der Waals surface area contributed by atoms with Crippen LogP contribution in [0.4, 0.5) is 10.1 Å². The summed E-state index contributed by atoms with van der Waals surface area (Å²) < 4.78 is 17.9. The van der Waals surface area contributed by atoms with E-state index >= 15 is 0 Å². The molecule has 0 heterocycles. The first kappa shape index (κ1) is 10.3. The van der Waals surface area contributed by atoms with Crippen molar-refractivity contribution in [3.63, 3.8) is 0 Å². The maximum atomic E-state index is 13.1. The Hall–Kier alpha value is -1.82. The van der Waals surface area contributed by atoms with Crippen LogP contribution in [0.1, 0.15) is 0 Å². The smallest absolute Gasteiger partial charge is 0.218 e. The van der Waals surface area contributed by atoms with Gasteiger partial charge >= 0.3 is 0 Å². The molecule has 0 aromatic heterocycles. The van der Waals surface area contributed by atoms with E-state index in [1.54, 1.807) is 5.48 Å². The van der Waals surface area contributed by atoms with Gasteiger partial charge in [-0.1, -0.05) is 0 Å².